The third kappa shape index (κ3) is 4.54. The van der Waals surface area contributed by atoms with Crippen molar-refractivity contribution in [3.63, 3.8) is 0 Å². The van der Waals surface area contributed by atoms with Gasteiger partial charge in [0.05, 0.1) is 17.5 Å². The van der Waals surface area contributed by atoms with Crippen molar-refractivity contribution in [1.82, 2.24) is 24.0 Å². The van der Waals surface area contributed by atoms with Crippen LogP contribution in [-0.4, -0.2) is 63.7 Å². The third-order valence-electron chi connectivity index (χ3n) is 4.82. The average molecular weight is 391 g/mol. The Balaban J connectivity index is 1.80. The van der Waals surface area contributed by atoms with Gasteiger partial charge in [0, 0.05) is 51.3 Å². The fourth-order valence-electron chi connectivity index (χ4n) is 3.54. The zero-order chi connectivity index (χ0) is 19.6. The summed E-state index contributed by atoms with van der Waals surface area (Å²) in [6.45, 7) is 3.06. The van der Waals surface area contributed by atoms with E-state index >= 15 is 0 Å². The molecule has 1 aliphatic heterocycles. The number of sulfonamides is 1. The van der Waals surface area contributed by atoms with Crippen LogP contribution in [0, 0.1) is 6.92 Å². The highest BCUT2D eigenvalue weighted by Gasteiger charge is 2.33. The van der Waals surface area contributed by atoms with E-state index < -0.39 is 10.0 Å². The predicted molar refractivity (Wildman–Crippen MR) is 101 cm³/mol. The number of aryl methyl sites for hydroxylation is 2. The molecular weight excluding hydrogens is 366 g/mol. The second-order valence-corrected chi connectivity index (χ2v) is 8.95. The molecule has 0 spiro atoms. The van der Waals surface area contributed by atoms with E-state index in [-0.39, 0.29) is 18.5 Å². The van der Waals surface area contributed by atoms with Gasteiger partial charge in [-0.3, -0.25) is 14.5 Å². The maximum atomic E-state index is 12.9. The molecule has 1 fully saturated rings. The second-order valence-electron chi connectivity index (χ2n) is 7.02. The summed E-state index contributed by atoms with van der Waals surface area (Å²) in [7, 11) is -1.65. The Morgan fingerprint density at radius 1 is 1.41 bits per heavy atom. The fraction of sp³-hybridized carbons (Fsp3) is 0.500. The Morgan fingerprint density at radius 2 is 2.19 bits per heavy atom. The van der Waals surface area contributed by atoms with Gasteiger partial charge in [-0.05, 0) is 31.4 Å². The topological polar surface area (TPSA) is 88.4 Å². The fourth-order valence-corrected chi connectivity index (χ4v) is 4.64. The molecule has 0 bridgehead atoms. The van der Waals surface area contributed by atoms with Gasteiger partial charge in [0.25, 0.3) is 5.91 Å². The molecule has 0 N–H and O–H groups in total. The Kier molecular flexibility index (Phi) is 5.61. The van der Waals surface area contributed by atoms with Crippen LogP contribution < -0.4 is 0 Å². The number of likely N-dealkylation sites (tertiary alicyclic amines) is 1. The first kappa shape index (κ1) is 19.5. The second kappa shape index (κ2) is 7.77. The molecule has 1 aliphatic rings. The van der Waals surface area contributed by atoms with E-state index in [0.717, 1.165) is 18.4 Å². The number of carbonyl (C=O) groups is 1. The highest BCUT2D eigenvalue weighted by Crippen LogP contribution is 2.22. The van der Waals surface area contributed by atoms with Crippen molar-refractivity contribution in [3.8, 4) is 0 Å². The Morgan fingerprint density at radius 3 is 2.78 bits per heavy atom. The minimum absolute atomic E-state index is 0.0971. The number of piperidine rings is 1. The van der Waals surface area contributed by atoms with Crippen molar-refractivity contribution in [2.45, 2.75) is 32.4 Å². The van der Waals surface area contributed by atoms with E-state index in [1.165, 1.54) is 10.6 Å². The molecule has 1 unspecified atom stereocenters. The lowest BCUT2D eigenvalue weighted by Gasteiger charge is -2.38. The van der Waals surface area contributed by atoms with Crippen LogP contribution in [0.1, 0.15) is 34.5 Å². The zero-order valence-corrected chi connectivity index (χ0v) is 16.7. The first-order valence-corrected chi connectivity index (χ1v) is 10.8. The van der Waals surface area contributed by atoms with Crippen LogP contribution in [-0.2, 0) is 23.6 Å². The number of hydrogen-bond acceptors (Lipinski definition) is 5. The number of nitrogens with zero attached hydrogens (tertiary/aromatic N) is 5. The predicted octanol–water partition coefficient (Wildman–Crippen LogP) is 1.19. The molecule has 0 radical (unpaired) electrons. The van der Waals surface area contributed by atoms with Crippen molar-refractivity contribution in [3.05, 3.63) is 47.5 Å². The van der Waals surface area contributed by atoms with Gasteiger partial charge in [-0.25, -0.2) is 8.42 Å². The van der Waals surface area contributed by atoms with Crippen LogP contribution in [0.3, 0.4) is 0 Å². The molecule has 3 heterocycles. The largest absolute Gasteiger partial charge is 0.337 e. The summed E-state index contributed by atoms with van der Waals surface area (Å²) >= 11 is 0. The maximum absolute atomic E-state index is 12.9. The monoisotopic (exact) mass is 391 g/mol. The molecule has 0 saturated carbocycles. The summed E-state index contributed by atoms with van der Waals surface area (Å²) in [5.41, 5.74) is 2.07. The third-order valence-corrected chi connectivity index (χ3v) is 6.10. The number of amides is 1. The van der Waals surface area contributed by atoms with Crippen LogP contribution in [0.15, 0.2) is 30.7 Å². The summed E-state index contributed by atoms with van der Waals surface area (Å²) in [6, 6.07) is 3.39. The molecule has 0 aromatic carbocycles. The van der Waals surface area contributed by atoms with Gasteiger partial charge < -0.3 is 4.90 Å². The van der Waals surface area contributed by atoms with Gasteiger partial charge in [-0.2, -0.15) is 9.40 Å². The van der Waals surface area contributed by atoms with Crippen LogP contribution >= 0.6 is 0 Å². The standard InChI is InChI=1S/C18H25N5O3S/c1-14-17(13-21(2)20-14)18(24)22-9-5-7-16(12-22)23(27(3,25)26)11-15-6-4-8-19-10-15/h4,6,8,10,13,16H,5,7,9,11-12H2,1-3H3. The average Bonchev–Trinajstić information content (AvgIpc) is 2.97. The number of hydrogen-bond donors (Lipinski definition) is 0. The lowest BCUT2D eigenvalue weighted by atomic mass is 10.0. The number of aromatic nitrogens is 3. The SMILES string of the molecule is Cc1nn(C)cc1C(=O)N1CCCC(N(Cc2cccnc2)S(C)(=O)=O)C1. The normalized spacial score (nSPS) is 18.1. The summed E-state index contributed by atoms with van der Waals surface area (Å²) < 4.78 is 28.0. The molecule has 0 aliphatic carbocycles. The first-order chi connectivity index (χ1) is 12.8. The van der Waals surface area contributed by atoms with E-state index in [4.69, 9.17) is 0 Å². The number of pyridine rings is 1. The van der Waals surface area contributed by atoms with Gasteiger partial charge in [0.2, 0.25) is 10.0 Å². The van der Waals surface area contributed by atoms with Crippen molar-refractivity contribution in [2.24, 2.45) is 7.05 Å². The van der Waals surface area contributed by atoms with Crippen molar-refractivity contribution >= 4 is 15.9 Å². The van der Waals surface area contributed by atoms with Crippen LogP contribution in [0.5, 0.6) is 0 Å². The summed E-state index contributed by atoms with van der Waals surface area (Å²) in [5, 5.41) is 4.23. The van der Waals surface area contributed by atoms with Crippen molar-refractivity contribution in [1.29, 1.82) is 0 Å². The molecule has 9 heteroatoms. The zero-order valence-electron chi connectivity index (χ0n) is 15.9. The first-order valence-electron chi connectivity index (χ1n) is 8.91. The molecule has 2 aromatic rings. The van der Waals surface area contributed by atoms with Crippen molar-refractivity contribution < 1.29 is 13.2 Å². The summed E-state index contributed by atoms with van der Waals surface area (Å²) in [6.07, 6.45) is 7.74. The highest BCUT2D eigenvalue weighted by atomic mass is 32.2. The molecule has 1 amide bonds. The van der Waals surface area contributed by atoms with Gasteiger partial charge >= 0.3 is 0 Å². The van der Waals surface area contributed by atoms with Crippen LogP contribution in [0.25, 0.3) is 0 Å². The van der Waals surface area contributed by atoms with Gasteiger partial charge in [0.1, 0.15) is 0 Å². The molecule has 27 heavy (non-hydrogen) atoms. The Labute approximate surface area is 159 Å². The van der Waals surface area contributed by atoms with Crippen LogP contribution in [0.4, 0.5) is 0 Å². The van der Waals surface area contributed by atoms with Gasteiger partial charge in [-0.15, -0.1) is 0 Å². The lowest BCUT2D eigenvalue weighted by Crippen LogP contribution is -2.51. The molecule has 3 rings (SSSR count). The molecular formula is C18H25N5O3S. The van der Waals surface area contributed by atoms with E-state index in [1.807, 2.05) is 6.07 Å². The van der Waals surface area contributed by atoms with Gasteiger partial charge in [0.15, 0.2) is 0 Å². The van der Waals surface area contributed by atoms with E-state index in [9.17, 15) is 13.2 Å². The molecule has 1 atom stereocenters. The lowest BCUT2D eigenvalue weighted by molar-refractivity contribution is 0.0650. The smallest absolute Gasteiger partial charge is 0.257 e. The van der Waals surface area contributed by atoms with Crippen molar-refractivity contribution in [2.75, 3.05) is 19.3 Å². The Hall–Kier alpha value is -2.26. The minimum atomic E-state index is -3.43. The molecule has 146 valence electrons. The maximum Gasteiger partial charge on any atom is 0.257 e. The number of carbonyl (C=O) groups excluding carboxylic acids is 1. The summed E-state index contributed by atoms with van der Waals surface area (Å²) in [5.74, 6) is -0.0971. The number of rotatable bonds is 5. The van der Waals surface area contributed by atoms with E-state index in [0.29, 0.717) is 24.3 Å². The van der Waals surface area contributed by atoms with Gasteiger partial charge in [-0.1, -0.05) is 6.07 Å². The molecule has 2 aromatic heterocycles. The molecule has 8 nitrogen and oxygen atoms in total. The minimum Gasteiger partial charge on any atom is -0.337 e. The Bertz CT molecular complexity index is 910. The summed E-state index contributed by atoms with van der Waals surface area (Å²) in [4.78, 5) is 18.7. The quantitative estimate of drug-likeness (QED) is 0.764. The highest BCUT2D eigenvalue weighted by molar-refractivity contribution is 7.88. The van der Waals surface area contributed by atoms with E-state index in [2.05, 4.69) is 10.1 Å². The van der Waals surface area contributed by atoms with Crippen LogP contribution in [0.2, 0.25) is 0 Å². The van der Waals surface area contributed by atoms with E-state index in [1.54, 1.807) is 48.2 Å². The molecule has 1 saturated heterocycles.